The zero-order valence-electron chi connectivity index (χ0n) is 6.00. The van der Waals surface area contributed by atoms with Gasteiger partial charge in [0.1, 0.15) is 11.6 Å². The summed E-state index contributed by atoms with van der Waals surface area (Å²) in [5.74, 6) is 0. The van der Waals surface area contributed by atoms with E-state index in [1.54, 1.807) is 0 Å². The Hall–Kier alpha value is -1.60. The summed E-state index contributed by atoms with van der Waals surface area (Å²) in [6, 6.07) is 3.66. The minimum atomic E-state index is -0.179. The van der Waals surface area contributed by atoms with E-state index in [0.717, 1.165) is 5.52 Å². The molecule has 0 spiro atoms. The first-order chi connectivity index (χ1) is 5.83. The summed E-state index contributed by atoms with van der Waals surface area (Å²) in [5, 5.41) is 10.4. The van der Waals surface area contributed by atoms with Crippen LogP contribution in [0.1, 0.15) is 5.56 Å². The summed E-state index contributed by atoms with van der Waals surface area (Å²) in [4.78, 5) is 14.3. The number of pyridine rings is 1. The predicted octanol–water partition coefficient (Wildman–Crippen LogP) is 1.46. The van der Waals surface area contributed by atoms with Gasteiger partial charge in [-0.05, 0) is 11.4 Å². The van der Waals surface area contributed by atoms with Crippen molar-refractivity contribution >= 4 is 21.6 Å². The molecule has 2 aromatic rings. The number of hydrogen-bond acceptors (Lipinski definition) is 3. The van der Waals surface area contributed by atoms with Crippen LogP contribution in [-0.2, 0) is 0 Å². The highest BCUT2D eigenvalue weighted by Crippen LogP contribution is 2.13. The van der Waals surface area contributed by atoms with Gasteiger partial charge < -0.3 is 4.98 Å². The van der Waals surface area contributed by atoms with Crippen LogP contribution in [0.5, 0.6) is 0 Å². The van der Waals surface area contributed by atoms with Gasteiger partial charge in [0.25, 0.3) is 0 Å². The van der Waals surface area contributed by atoms with E-state index in [-0.39, 0.29) is 11.0 Å². The van der Waals surface area contributed by atoms with Crippen LogP contribution < -0.4 is 5.43 Å². The summed E-state index contributed by atoms with van der Waals surface area (Å²) in [7, 11) is 0. The van der Waals surface area contributed by atoms with Crippen LogP contribution in [0, 0.1) is 11.3 Å². The molecule has 0 bridgehead atoms. The van der Waals surface area contributed by atoms with Gasteiger partial charge >= 0.3 is 0 Å². The first kappa shape index (κ1) is 7.07. The van der Waals surface area contributed by atoms with Gasteiger partial charge in [0, 0.05) is 6.20 Å². The molecule has 0 aliphatic rings. The number of rotatable bonds is 0. The third-order valence-electron chi connectivity index (χ3n) is 1.61. The van der Waals surface area contributed by atoms with E-state index in [1.165, 1.54) is 17.5 Å². The maximum Gasteiger partial charge on any atom is 0.217 e. The van der Waals surface area contributed by atoms with Gasteiger partial charge in [-0.1, -0.05) is 0 Å². The Morgan fingerprint density at radius 3 is 3.17 bits per heavy atom. The monoisotopic (exact) mass is 176 g/mol. The summed E-state index contributed by atoms with van der Waals surface area (Å²) in [5.41, 5.74) is 0.787. The lowest BCUT2D eigenvalue weighted by atomic mass is 10.3. The van der Waals surface area contributed by atoms with Gasteiger partial charge in [-0.3, -0.25) is 4.79 Å². The Labute approximate surface area is 71.9 Å². The SMILES string of the molecule is N#Cc1c[nH]c2ccsc2c1=O. The van der Waals surface area contributed by atoms with Crippen molar-refractivity contribution in [2.24, 2.45) is 0 Å². The second-order valence-electron chi connectivity index (χ2n) is 2.31. The number of H-pyrrole nitrogens is 1. The molecule has 0 atom stereocenters. The third kappa shape index (κ3) is 0.840. The fourth-order valence-corrected chi connectivity index (χ4v) is 1.83. The van der Waals surface area contributed by atoms with Crippen molar-refractivity contribution in [3.8, 4) is 6.07 Å². The average Bonchev–Trinajstić information content (AvgIpc) is 2.53. The quantitative estimate of drug-likeness (QED) is 0.660. The van der Waals surface area contributed by atoms with Gasteiger partial charge in [0.2, 0.25) is 5.43 Å². The molecular weight excluding hydrogens is 172 g/mol. The highest BCUT2D eigenvalue weighted by molar-refractivity contribution is 7.17. The summed E-state index contributed by atoms with van der Waals surface area (Å²) < 4.78 is 0.619. The largest absolute Gasteiger partial charge is 0.359 e. The van der Waals surface area contributed by atoms with E-state index in [2.05, 4.69) is 4.98 Å². The summed E-state index contributed by atoms with van der Waals surface area (Å²) >= 11 is 1.35. The van der Waals surface area contributed by atoms with E-state index >= 15 is 0 Å². The lowest BCUT2D eigenvalue weighted by Gasteiger charge is -1.88. The van der Waals surface area contributed by atoms with Crippen molar-refractivity contribution in [2.45, 2.75) is 0 Å². The van der Waals surface area contributed by atoms with E-state index < -0.39 is 0 Å². The zero-order chi connectivity index (χ0) is 8.55. The molecule has 0 fully saturated rings. The zero-order valence-corrected chi connectivity index (χ0v) is 6.81. The van der Waals surface area contributed by atoms with Crippen molar-refractivity contribution in [3.05, 3.63) is 33.4 Å². The van der Waals surface area contributed by atoms with Crippen LogP contribution >= 0.6 is 11.3 Å². The molecular formula is C8H4N2OS. The minimum absolute atomic E-state index is 0.171. The molecule has 1 N–H and O–H groups in total. The summed E-state index contributed by atoms with van der Waals surface area (Å²) in [6.07, 6.45) is 1.44. The molecule has 0 aliphatic heterocycles. The number of aromatic amines is 1. The van der Waals surface area contributed by atoms with Crippen molar-refractivity contribution in [3.63, 3.8) is 0 Å². The second-order valence-corrected chi connectivity index (χ2v) is 3.22. The van der Waals surface area contributed by atoms with Crippen LogP contribution in [0.3, 0.4) is 0 Å². The molecule has 3 nitrogen and oxygen atoms in total. The maximum absolute atomic E-state index is 11.4. The van der Waals surface area contributed by atoms with E-state index in [1.807, 2.05) is 17.5 Å². The van der Waals surface area contributed by atoms with Crippen LogP contribution in [0.25, 0.3) is 10.2 Å². The van der Waals surface area contributed by atoms with Gasteiger partial charge in [0.05, 0.1) is 10.2 Å². The van der Waals surface area contributed by atoms with E-state index in [0.29, 0.717) is 4.70 Å². The maximum atomic E-state index is 11.4. The lowest BCUT2D eigenvalue weighted by molar-refractivity contribution is 1.36. The van der Waals surface area contributed by atoms with Crippen molar-refractivity contribution in [1.29, 1.82) is 5.26 Å². The second kappa shape index (κ2) is 2.47. The Kier molecular flexibility index (Phi) is 1.45. The van der Waals surface area contributed by atoms with Gasteiger partial charge in [-0.25, -0.2) is 0 Å². The smallest absolute Gasteiger partial charge is 0.217 e. The molecule has 12 heavy (non-hydrogen) atoms. The molecule has 0 unspecified atom stereocenters. The highest BCUT2D eigenvalue weighted by Gasteiger charge is 2.03. The Morgan fingerprint density at radius 2 is 2.42 bits per heavy atom. The molecule has 0 aromatic carbocycles. The van der Waals surface area contributed by atoms with Crippen LogP contribution in [0.2, 0.25) is 0 Å². The first-order valence-corrected chi connectivity index (χ1v) is 4.20. The van der Waals surface area contributed by atoms with Crippen LogP contribution in [-0.4, -0.2) is 4.98 Å². The van der Waals surface area contributed by atoms with Crippen molar-refractivity contribution < 1.29 is 0 Å². The Bertz CT molecular complexity index is 518. The third-order valence-corrected chi connectivity index (χ3v) is 2.52. The number of fused-ring (bicyclic) bond motifs is 1. The molecule has 0 saturated carbocycles. The number of nitrogens with zero attached hydrogens (tertiary/aromatic N) is 1. The molecule has 0 saturated heterocycles. The molecule has 2 aromatic heterocycles. The predicted molar refractivity (Wildman–Crippen MR) is 47.2 cm³/mol. The van der Waals surface area contributed by atoms with Crippen LogP contribution in [0.15, 0.2) is 22.4 Å². The fourth-order valence-electron chi connectivity index (χ4n) is 1.02. The van der Waals surface area contributed by atoms with Gasteiger partial charge in [0.15, 0.2) is 0 Å². The minimum Gasteiger partial charge on any atom is -0.359 e. The Balaban J connectivity index is 3.00. The first-order valence-electron chi connectivity index (χ1n) is 3.32. The van der Waals surface area contributed by atoms with Crippen LogP contribution in [0.4, 0.5) is 0 Å². The summed E-state index contributed by atoms with van der Waals surface area (Å²) in [6.45, 7) is 0. The molecule has 4 heteroatoms. The number of aromatic nitrogens is 1. The molecule has 0 radical (unpaired) electrons. The fraction of sp³-hybridized carbons (Fsp3) is 0. The van der Waals surface area contributed by atoms with Gasteiger partial charge in [-0.15, -0.1) is 11.3 Å². The lowest BCUT2D eigenvalue weighted by Crippen LogP contribution is -2.04. The number of hydrogen-bond donors (Lipinski definition) is 1. The topological polar surface area (TPSA) is 56.6 Å². The molecule has 2 rings (SSSR count). The standard InChI is InChI=1S/C8H4N2OS/c9-3-5-4-10-6-1-2-12-8(6)7(5)11/h1-2,4H,(H,10,11). The number of thiophene rings is 1. The molecule has 0 amide bonds. The average molecular weight is 176 g/mol. The molecule has 58 valence electrons. The number of nitrogens with one attached hydrogen (secondary N) is 1. The normalized spacial score (nSPS) is 9.92. The Morgan fingerprint density at radius 1 is 1.58 bits per heavy atom. The van der Waals surface area contributed by atoms with E-state index in [4.69, 9.17) is 5.26 Å². The number of nitriles is 1. The highest BCUT2D eigenvalue weighted by atomic mass is 32.1. The molecule has 2 heterocycles. The molecule has 0 aliphatic carbocycles. The van der Waals surface area contributed by atoms with Gasteiger partial charge in [-0.2, -0.15) is 5.26 Å². The van der Waals surface area contributed by atoms with Crippen molar-refractivity contribution in [2.75, 3.05) is 0 Å². The van der Waals surface area contributed by atoms with E-state index in [9.17, 15) is 4.79 Å². The van der Waals surface area contributed by atoms with Crippen molar-refractivity contribution in [1.82, 2.24) is 4.98 Å².